The molecule has 1 N–H and O–H groups in total. The largest absolute Gasteiger partial charge is 0.497 e. The molecule has 1 aromatic carbocycles. The van der Waals surface area contributed by atoms with Gasteiger partial charge in [0.05, 0.1) is 12.0 Å². The fraction of sp³-hybridized carbons (Fsp3) is 0.312. The number of thioether (sulfide) groups is 1. The van der Waals surface area contributed by atoms with E-state index in [1.807, 2.05) is 6.08 Å². The summed E-state index contributed by atoms with van der Waals surface area (Å²) < 4.78 is 5.08. The molecule has 2 aliphatic rings. The summed E-state index contributed by atoms with van der Waals surface area (Å²) in [5.41, 5.74) is 0.551. The summed E-state index contributed by atoms with van der Waals surface area (Å²) in [6.07, 6.45) is 3.95. The van der Waals surface area contributed by atoms with Gasteiger partial charge in [-0.1, -0.05) is 12.1 Å². The molecule has 1 saturated heterocycles. The van der Waals surface area contributed by atoms with Crippen molar-refractivity contribution in [2.24, 2.45) is 5.92 Å². The maximum atomic E-state index is 12.2. The van der Waals surface area contributed by atoms with Crippen LogP contribution in [0.4, 0.5) is 10.5 Å². The van der Waals surface area contributed by atoms with E-state index in [-0.39, 0.29) is 12.5 Å². The maximum absolute atomic E-state index is 12.2. The third kappa shape index (κ3) is 3.73. The summed E-state index contributed by atoms with van der Waals surface area (Å²) in [4.78, 5) is 37.6. The Morgan fingerprint density at radius 1 is 1.43 bits per heavy atom. The van der Waals surface area contributed by atoms with Gasteiger partial charge in [0, 0.05) is 11.8 Å². The van der Waals surface area contributed by atoms with Gasteiger partial charge in [0.2, 0.25) is 5.91 Å². The second-order valence-corrected chi connectivity index (χ2v) is 6.40. The number of carbonyl (C=O) groups excluding carboxylic acids is 3. The Kier molecular flexibility index (Phi) is 4.38. The number of ether oxygens (including phenoxy) is 1. The number of nitrogens with one attached hydrogen (secondary N) is 1. The van der Waals surface area contributed by atoms with Crippen LogP contribution in [0.25, 0.3) is 0 Å². The summed E-state index contributed by atoms with van der Waals surface area (Å²) in [5, 5.41) is 2.26. The van der Waals surface area contributed by atoms with Gasteiger partial charge in [0.15, 0.2) is 0 Å². The number of nitrogens with zero attached hydrogens (tertiary/aromatic N) is 1. The lowest BCUT2D eigenvalue weighted by Crippen LogP contribution is -2.36. The van der Waals surface area contributed by atoms with Gasteiger partial charge in [0.25, 0.3) is 11.1 Å². The molecule has 7 heteroatoms. The van der Waals surface area contributed by atoms with Gasteiger partial charge in [-0.05, 0) is 42.7 Å². The van der Waals surface area contributed by atoms with Gasteiger partial charge in [-0.2, -0.15) is 0 Å². The first kappa shape index (κ1) is 15.6. The molecule has 1 aromatic rings. The lowest BCUT2D eigenvalue weighted by molar-refractivity contribution is -0.127. The van der Waals surface area contributed by atoms with E-state index in [0.717, 1.165) is 29.5 Å². The van der Waals surface area contributed by atoms with E-state index in [9.17, 15) is 14.4 Å². The minimum Gasteiger partial charge on any atom is -0.497 e. The number of hydrogen-bond donors (Lipinski definition) is 1. The number of benzene rings is 1. The van der Waals surface area contributed by atoms with Crippen molar-refractivity contribution in [1.29, 1.82) is 0 Å². The van der Waals surface area contributed by atoms with Crippen molar-refractivity contribution in [3.8, 4) is 5.75 Å². The standard InChI is InChI=1S/C16H16N2O4S/c1-22-12-4-2-3-11(8-12)17-14(19)9-18-15(20)13(23-16(18)21)7-10-5-6-10/h2-4,7-8,10H,5-6,9H2,1H3,(H,17,19)/b13-7-. The Morgan fingerprint density at radius 3 is 2.91 bits per heavy atom. The Hall–Kier alpha value is -2.28. The second kappa shape index (κ2) is 6.45. The Labute approximate surface area is 137 Å². The number of amides is 3. The van der Waals surface area contributed by atoms with Crippen LogP contribution in [0.1, 0.15) is 12.8 Å². The zero-order valence-corrected chi connectivity index (χ0v) is 13.4. The Bertz CT molecular complexity index is 697. The molecular formula is C16H16N2O4S. The van der Waals surface area contributed by atoms with Gasteiger partial charge in [-0.15, -0.1) is 0 Å². The lowest BCUT2D eigenvalue weighted by Gasteiger charge is -2.12. The predicted octanol–water partition coefficient (Wildman–Crippen LogP) is 2.62. The summed E-state index contributed by atoms with van der Waals surface area (Å²) >= 11 is 0.903. The molecule has 2 fully saturated rings. The molecule has 0 atom stereocenters. The smallest absolute Gasteiger partial charge is 0.294 e. The lowest BCUT2D eigenvalue weighted by atomic mass is 10.3. The highest BCUT2D eigenvalue weighted by Gasteiger charge is 2.37. The monoisotopic (exact) mass is 332 g/mol. The van der Waals surface area contributed by atoms with Crippen molar-refractivity contribution in [2.75, 3.05) is 19.0 Å². The first-order valence-electron chi connectivity index (χ1n) is 7.26. The Balaban J connectivity index is 1.63. The average molecular weight is 332 g/mol. The van der Waals surface area contributed by atoms with Crippen LogP contribution < -0.4 is 10.1 Å². The predicted molar refractivity (Wildman–Crippen MR) is 87.1 cm³/mol. The van der Waals surface area contributed by atoms with E-state index in [4.69, 9.17) is 4.74 Å². The molecule has 3 amide bonds. The normalized spacial score (nSPS) is 19.3. The average Bonchev–Trinajstić information content (AvgIpc) is 3.31. The number of anilines is 1. The molecule has 1 aliphatic heterocycles. The third-order valence-corrected chi connectivity index (χ3v) is 4.46. The van der Waals surface area contributed by atoms with E-state index in [1.54, 1.807) is 24.3 Å². The number of allylic oxidation sites excluding steroid dienone is 1. The van der Waals surface area contributed by atoms with Crippen molar-refractivity contribution in [3.63, 3.8) is 0 Å². The zero-order valence-electron chi connectivity index (χ0n) is 12.6. The first-order chi connectivity index (χ1) is 11.1. The molecule has 6 nitrogen and oxygen atoms in total. The Morgan fingerprint density at radius 2 is 2.22 bits per heavy atom. The van der Waals surface area contributed by atoms with Gasteiger partial charge >= 0.3 is 0 Å². The molecule has 1 saturated carbocycles. The number of hydrogen-bond acceptors (Lipinski definition) is 5. The molecule has 23 heavy (non-hydrogen) atoms. The van der Waals surface area contributed by atoms with Gasteiger partial charge in [-0.3, -0.25) is 19.3 Å². The van der Waals surface area contributed by atoms with Crippen LogP contribution >= 0.6 is 11.8 Å². The van der Waals surface area contributed by atoms with Crippen LogP contribution in [0.2, 0.25) is 0 Å². The van der Waals surface area contributed by atoms with Crippen LogP contribution in [0.5, 0.6) is 5.75 Å². The van der Waals surface area contributed by atoms with Crippen molar-refractivity contribution < 1.29 is 19.1 Å². The van der Waals surface area contributed by atoms with Crippen LogP contribution in [0.15, 0.2) is 35.2 Å². The maximum Gasteiger partial charge on any atom is 0.294 e. The number of rotatable bonds is 5. The molecule has 1 aliphatic carbocycles. The van der Waals surface area contributed by atoms with Gasteiger partial charge in [0.1, 0.15) is 12.3 Å². The molecule has 0 bridgehead atoms. The summed E-state index contributed by atoms with van der Waals surface area (Å²) in [6, 6.07) is 6.88. The van der Waals surface area contributed by atoms with Crippen molar-refractivity contribution >= 4 is 34.5 Å². The molecular weight excluding hydrogens is 316 g/mol. The number of carbonyl (C=O) groups is 3. The topological polar surface area (TPSA) is 75.7 Å². The highest BCUT2D eigenvalue weighted by molar-refractivity contribution is 8.18. The van der Waals surface area contributed by atoms with E-state index >= 15 is 0 Å². The molecule has 3 rings (SSSR count). The molecule has 0 unspecified atom stereocenters. The summed E-state index contributed by atoms with van der Waals surface area (Å²) in [5.74, 6) is 0.210. The molecule has 120 valence electrons. The molecule has 1 heterocycles. The van der Waals surface area contributed by atoms with Crippen LogP contribution in [0.3, 0.4) is 0 Å². The van der Waals surface area contributed by atoms with Crippen LogP contribution in [-0.2, 0) is 9.59 Å². The zero-order chi connectivity index (χ0) is 16.4. The van der Waals surface area contributed by atoms with E-state index in [0.29, 0.717) is 22.3 Å². The first-order valence-corrected chi connectivity index (χ1v) is 8.08. The third-order valence-electron chi connectivity index (χ3n) is 3.54. The van der Waals surface area contributed by atoms with Crippen molar-refractivity contribution in [3.05, 3.63) is 35.2 Å². The highest BCUT2D eigenvalue weighted by Crippen LogP contribution is 2.37. The highest BCUT2D eigenvalue weighted by atomic mass is 32.2. The quantitative estimate of drug-likeness (QED) is 0.839. The number of imide groups is 1. The second-order valence-electron chi connectivity index (χ2n) is 5.41. The minimum absolute atomic E-state index is 0.288. The van der Waals surface area contributed by atoms with E-state index < -0.39 is 11.1 Å². The fourth-order valence-electron chi connectivity index (χ4n) is 2.17. The molecule has 0 aromatic heterocycles. The summed E-state index contributed by atoms with van der Waals surface area (Å²) in [7, 11) is 1.54. The molecule has 0 spiro atoms. The minimum atomic E-state index is -0.423. The van der Waals surface area contributed by atoms with Crippen molar-refractivity contribution in [2.45, 2.75) is 12.8 Å². The summed E-state index contributed by atoms with van der Waals surface area (Å²) in [6.45, 7) is -0.288. The van der Waals surface area contributed by atoms with Gasteiger partial charge < -0.3 is 10.1 Å². The van der Waals surface area contributed by atoms with Gasteiger partial charge in [-0.25, -0.2) is 0 Å². The van der Waals surface area contributed by atoms with E-state index in [1.165, 1.54) is 7.11 Å². The van der Waals surface area contributed by atoms with Crippen LogP contribution in [0, 0.1) is 5.92 Å². The fourth-order valence-corrected chi connectivity index (χ4v) is 3.08. The van der Waals surface area contributed by atoms with Crippen molar-refractivity contribution in [1.82, 2.24) is 4.90 Å². The number of methoxy groups -OCH3 is 1. The SMILES string of the molecule is COc1cccc(NC(=O)CN2C(=O)S/C(=C\C3CC3)C2=O)c1. The van der Waals surface area contributed by atoms with Crippen LogP contribution in [-0.4, -0.2) is 35.6 Å². The van der Waals surface area contributed by atoms with E-state index in [2.05, 4.69) is 5.32 Å². The molecule has 0 radical (unpaired) electrons.